The number of para-hydroxylation sites is 1. The highest BCUT2D eigenvalue weighted by molar-refractivity contribution is 6.16. The molecular formula is C27H27NO4. The first kappa shape index (κ1) is 22.8. The molecule has 0 aliphatic rings. The van der Waals surface area contributed by atoms with Gasteiger partial charge in [0.2, 0.25) is 0 Å². The Bertz CT molecular complexity index is 1130. The Balaban J connectivity index is 1.74. The zero-order chi connectivity index (χ0) is 22.9. The number of aryl methyl sites for hydroxylation is 2. The molecule has 0 N–H and O–H groups in total. The van der Waals surface area contributed by atoms with E-state index in [0.717, 1.165) is 33.6 Å². The highest BCUT2D eigenvalue weighted by Gasteiger charge is 2.15. The van der Waals surface area contributed by atoms with Crippen LogP contribution in [0.1, 0.15) is 34.7 Å². The van der Waals surface area contributed by atoms with Crippen LogP contribution in [0, 0.1) is 13.8 Å². The summed E-state index contributed by atoms with van der Waals surface area (Å²) in [6, 6.07) is 21.1. The summed E-state index contributed by atoms with van der Waals surface area (Å²) in [5.74, 6) is 1.09. The van der Waals surface area contributed by atoms with E-state index in [0.29, 0.717) is 17.9 Å². The fourth-order valence-electron chi connectivity index (χ4n) is 3.29. The highest BCUT2D eigenvalue weighted by atomic mass is 16.6. The highest BCUT2D eigenvalue weighted by Crippen LogP contribution is 2.26. The van der Waals surface area contributed by atoms with Gasteiger partial charge in [-0.25, -0.2) is 4.79 Å². The lowest BCUT2D eigenvalue weighted by Gasteiger charge is -2.15. The van der Waals surface area contributed by atoms with E-state index in [1.165, 1.54) is 7.11 Å². The Morgan fingerprint density at radius 2 is 1.69 bits per heavy atom. The number of hydrogen-bond acceptors (Lipinski definition) is 5. The lowest BCUT2D eigenvalue weighted by molar-refractivity contribution is -0.133. The summed E-state index contributed by atoms with van der Waals surface area (Å²) < 4.78 is 11.0. The standard InChI is InChI=1S/C27H27NO4/c1-5-24(27(29)30-4)25-14-10-9-11-21(25)18-31-26-16-19(2)22(15-20(26)3)17-28-32-23-12-7-6-8-13-23/h5-17H,18H2,1-4H3. The Labute approximate surface area is 188 Å². The first-order valence-corrected chi connectivity index (χ1v) is 10.4. The molecule has 0 saturated heterocycles. The van der Waals surface area contributed by atoms with E-state index in [9.17, 15) is 4.79 Å². The van der Waals surface area contributed by atoms with Gasteiger partial charge in [0.25, 0.3) is 0 Å². The van der Waals surface area contributed by atoms with E-state index >= 15 is 0 Å². The largest absolute Gasteiger partial charge is 0.489 e. The number of oxime groups is 1. The van der Waals surface area contributed by atoms with Crippen LogP contribution >= 0.6 is 0 Å². The summed E-state index contributed by atoms with van der Waals surface area (Å²) in [7, 11) is 1.38. The molecule has 5 nitrogen and oxygen atoms in total. The molecule has 0 bridgehead atoms. The number of methoxy groups -OCH3 is 1. The molecule has 0 aromatic heterocycles. The zero-order valence-corrected chi connectivity index (χ0v) is 18.8. The summed E-state index contributed by atoms with van der Waals surface area (Å²) in [5.41, 5.74) is 5.18. The van der Waals surface area contributed by atoms with Crippen LogP contribution in [0.15, 0.2) is 78.0 Å². The minimum atomic E-state index is -0.367. The molecule has 3 aromatic carbocycles. The number of allylic oxidation sites excluding steroid dienone is 1. The summed E-state index contributed by atoms with van der Waals surface area (Å²) in [6.07, 6.45) is 3.45. The summed E-state index contributed by atoms with van der Waals surface area (Å²) >= 11 is 0. The second kappa shape index (κ2) is 11.0. The average Bonchev–Trinajstić information content (AvgIpc) is 2.82. The van der Waals surface area contributed by atoms with Gasteiger partial charge in [-0.1, -0.05) is 53.7 Å². The van der Waals surface area contributed by atoms with Gasteiger partial charge in [-0.3, -0.25) is 0 Å². The van der Waals surface area contributed by atoms with Gasteiger partial charge in [-0.15, -0.1) is 0 Å². The second-order valence-electron chi connectivity index (χ2n) is 7.25. The van der Waals surface area contributed by atoms with Crippen LogP contribution in [0.2, 0.25) is 0 Å². The molecule has 3 rings (SSSR count). The van der Waals surface area contributed by atoms with Gasteiger partial charge < -0.3 is 14.3 Å². The van der Waals surface area contributed by atoms with E-state index in [-0.39, 0.29) is 5.97 Å². The van der Waals surface area contributed by atoms with Crippen molar-refractivity contribution in [3.63, 3.8) is 0 Å². The number of hydrogen-bond donors (Lipinski definition) is 0. The molecule has 0 radical (unpaired) electrons. The number of carbonyl (C=O) groups is 1. The van der Waals surface area contributed by atoms with Crippen LogP contribution in [0.25, 0.3) is 5.57 Å². The number of benzene rings is 3. The van der Waals surface area contributed by atoms with Crippen LogP contribution in [-0.2, 0) is 16.1 Å². The van der Waals surface area contributed by atoms with Gasteiger partial charge in [-0.05, 0) is 72.9 Å². The number of rotatable bonds is 8. The summed E-state index contributed by atoms with van der Waals surface area (Å²) in [4.78, 5) is 17.5. The third-order valence-electron chi connectivity index (χ3n) is 5.04. The Morgan fingerprint density at radius 3 is 2.41 bits per heavy atom. The van der Waals surface area contributed by atoms with Crippen molar-refractivity contribution in [3.05, 3.63) is 101 Å². The topological polar surface area (TPSA) is 57.1 Å². The Hall–Kier alpha value is -3.86. The third kappa shape index (κ3) is 5.64. The predicted octanol–water partition coefficient (Wildman–Crippen LogP) is 5.87. The van der Waals surface area contributed by atoms with Crippen molar-refractivity contribution < 1.29 is 19.1 Å². The number of nitrogens with zero attached hydrogens (tertiary/aromatic N) is 1. The normalized spacial score (nSPS) is 11.4. The van der Waals surface area contributed by atoms with Crippen molar-refractivity contribution in [1.29, 1.82) is 0 Å². The monoisotopic (exact) mass is 429 g/mol. The van der Waals surface area contributed by atoms with Gasteiger partial charge in [-0.2, -0.15) is 0 Å². The lowest BCUT2D eigenvalue weighted by Crippen LogP contribution is -2.08. The van der Waals surface area contributed by atoms with E-state index in [2.05, 4.69) is 5.16 Å². The molecule has 0 amide bonds. The van der Waals surface area contributed by atoms with Crippen LogP contribution in [0.5, 0.6) is 11.5 Å². The van der Waals surface area contributed by atoms with E-state index in [1.807, 2.05) is 87.5 Å². The Kier molecular flexibility index (Phi) is 7.81. The zero-order valence-electron chi connectivity index (χ0n) is 18.8. The van der Waals surface area contributed by atoms with Gasteiger partial charge in [0.15, 0.2) is 5.75 Å². The molecule has 3 aromatic rings. The van der Waals surface area contributed by atoms with Crippen LogP contribution in [-0.4, -0.2) is 19.3 Å². The summed E-state index contributed by atoms with van der Waals surface area (Å²) in [5, 5.41) is 4.09. The molecule has 32 heavy (non-hydrogen) atoms. The maximum Gasteiger partial charge on any atom is 0.338 e. The van der Waals surface area contributed by atoms with Gasteiger partial charge in [0.05, 0.1) is 18.9 Å². The van der Waals surface area contributed by atoms with E-state index in [4.69, 9.17) is 14.3 Å². The van der Waals surface area contributed by atoms with Gasteiger partial charge >= 0.3 is 5.97 Å². The van der Waals surface area contributed by atoms with Crippen molar-refractivity contribution in [2.75, 3.05) is 7.11 Å². The lowest BCUT2D eigenvalue weighted by atomic mass is 10.00. The van der Waals surface area contributed by atoms with Gasteiger partial charge in [0, 0.05) is 0 Å². The predicted molar refractivity (Wildman–Crippen MR) is 127 cm³/mol. The van der Waals surface area contributed by atoms with Crippen LogP contribution in [0.4, 0.5) is 0 Å². The molecular weight excluding hydrogens is 402 g/mol. The summed E-state index contributed by atoms with van der Waals surface area (Å²) in [6.45, 7) is 6.13. The fourth-order valence-corrected chi connectivity index (χ4v) is 3.29. The first-order chi connectivity index (χ1) is 15.5. The number of esters is 1. The SMILES string of the molecule is CC=C(C(=O)OC)c1ccccc1COc1cc(C)c(C=NOc2ccccc2)cc1C. The minimum Gasteiger partial charge on any atom is -0.489 e. The van der Waals surface area contributed by atoms with Crippen LogP contribution < -0.4 is 9.57 Å². The molecule has 0 heterocycles. The van der Waals surface area contributed by atoms with Crippen molar-refractivity contribution in [2.45, 2.75) is 27.4 Å². The molecule has 164 valence electrons. The molecule has 0 saturated carbocycles. The second-order valence-corrected chi connectivity index (χ2v) is 7.25. The molecule has 0 atom stereocenters. The molecule has 0 unspecified atom stereocenters. The third-order valence-corrected chi connectivity index (χ3v) is 5.04. The van der Waals surface area contributed by atoms with Crippen LogP contribution in [0.3, 0.4) is 0 Å². The van der Waals surface area contributed by atoms with Crippen molar-refractivity contribution >= 4 is 17.8 Å². The minimum absolute atomic E-state index is 0.329. The molecule has 0 aliphatic heterocycles. The average molecular weight is 430 g/mol. The van der Waals surface area contributed by atoms with Crippen molar-refractivity contribution in [2.24, 2.45) is 5.16 Å². The molecule has 0 spiro atoms. The van der Waals surface area contributed by atoms with E-state index in [1.54, 1.807) is 12.3 Å². The first-order valence-electron chi connectivity index (χ1n) is 10.4. The van der Waals surface area contributed by atoms with Gasteiger partial charge in [0.1, 0.15) is 12.4 Å². The Morgan fingerprint density at radius 1 is 0.969 bits per heavy atom. The molecule has 0 aliphatic carbocycles. The number of carbonyl (C=O) groups excluding carboxylic acids is 1. The van der Waals surface area contributed by atoms with E-state index < -0.39 is 0 Å². The smallest absolute Gasteiger partial charge is 0.338 e. The maximum absolute atomic E-state index is 12.1. The van der Waals surface area contributed by atoms with Crippen molar-refractivity contribution in [1.82, 2.24) is 0 Å². The molecule has 0 fully saturated rings. The number of ether oxygens (including phenoxy) is 2. The maximum atomic E-state index is 12.1. The van der Waals surface area contributed by atoms with Crippen molar-refractivity contribution in [3.8, 4) is 11.5 Å². The fraction of sp³-hybridized carbons (Fsp3) is 0.185. The quantitative estimate of drug-likeness (QED) is 0.194. The molecule has 5 heteroatoms.